The van der Waals surface area contributed by atoms with Gasteiger partial charge in [-0.1, -0.05) is 11.6 Å². The number of thiophene rings is 1. The Balaban J connectivity index is 1.51. The van der Waals surface area contributed by atoms with E-state index in [0.717, 1.165) is 0 Å². The summed E-state index contributed by atoms with van der Waals surface area (Å²) in [5.74, 6) is -1.79. The molecule has 4 aromatic rings. The quantitative estimate of drug-likeness (QED) is 0.276. The number of aryl methyl sites for hydroxylation is 2. The summed E-state index contributed by atoms with van der Waals surface area (Å²) in [5.41, 5.74) is 1.63. The van der Waals surface area contributed by atoms with Crippen molar-refractivity contribution in [2.75, 3.05) is 13.7 Å². The fraction of sp³-hybridized carbons (Fsp3) is 0.296. The normalized spacial score (nSPS) is 13.4. The minimum absolute atomic E-state index is 0.00179. The highest BCUT2D eigenvalue weighted by molar-refractivity contribution is 7.18. The fourth-order valence-corrected chi connectivity index (χ4v) is 5.85. The Morgan fingerprint density at radius 2 is 1.93 bits per heavy atom. The van der Waals surface area contributed by atoms with Crippen molar-refractivity contribution >= 4 is 44.9 Å². The van der Waals surface area contributed by atoms with Crippen molar-refractivity contribution in [3.63, 3.8) is 0 Å². The molecule has 0 amide bonds. The lowest BCUT2D eigenvalue weighted by Crippen LogP contribution is -2.37. The van der Waals surface area contributed by atoms with E-state index in [2.05, 4.69) is 9.97 Å². The summed E-state index contributed by atoms with van der Waals surface area (Å²) in [6, 6.07) is 6.57. The predicted molar refractivity (Wildman–Crippen MR) is 142 cm³/mol. The van der Waals surface area contributed by atoms with Gasteiger partial charge in [0.05, 0.1) is 35.1 Å². The van der Waals surface area contributed by atoms with Crippen molar-refractivity contribution in [2.45, 2.75) is 38.9 Å². The number of esters is 1. The summed E-state index contributed by atoms with van der Waals surface area (Å²) in [6.07, 6.45) is -5.07. The number of ketones is 1. The fourth-order valence-electron chi connectivity index (χ4n) is 4.67. The number of hydrogen-bond acceptors (Lipinski definition) is 8. The number of fused-ring (bicyclic) bond motifs is 2. The molecule has 0 bridgehead atoms. The minimum Gasteiger partial charge on any atom is -0.491 e. The second-order valence-corrected chi connectivity index (χ2v) is 10.5. The van der Waals surface area contributed by atoms with Gasteiger partial charge in [0.25, 0.3) is 5.56 Å². The Labute approximate surface area is 234 Å². The Morgan fingerprint density at radius 1 is 1.15 bits per heavy atom. The molecule has 13 heteroatoms. The topological polar surface area (TPSA) is 100 Å². The molecule has 208 valence electrons. The number of nitrogens with zero attached hydrogens (tertiary/aromatic N) is 3. The van der Waals surface area contributed by atoms with Gasteiger partial charge in [-0.05, 0) is 37.6 Å². The molecule has 0 spiro atoms. The Kier molecular flexibility index (Phi) is 7.40. The van der Waals surface area contributed by atoms with E-state index < -0.39 is 30.1 Å². The van der Waals surface area contributed by atoms with Crippen molar-refractivity contribution in [1.82, 2.24) is 14.5 Å². The molecule has 5 rings (SSSR count). The van der Waals surface area contributed by atoms with Crippen LogP contribution < -0.4 is 10.3 Å². The second kappa shape index (κ2) is 10.7. The zero-order valence-corrected chi connectivity index (χ0v) is 22.8. The van der Waals surface area contributed by atoms with Gasteiger partial charge in [0.2, 0.25) is 5.82 Å². The zero-order chi connectivity index (χ0) is 28.8. The molecule has 1 aromatic carbocycles. The summed E-state index contributed by atoms with van der Waals surface area (Å²) < 4.78 is 53.5. The maximum atomic E-state index is 13.8. The van der Waals surface area contributed by atoms with E-state index in [1.54, 1.807) is 36.6 Å². The van der Waals surface area contributed by atoms with E-state index >= 15 is 0 Å². The van der Waals surface area contributed by atoms with Crippen LogP contribution in [0.15, 0.2) is 34.4 Å². The molecule has 40 heavy (non-hydrogen) atoms. The molecular formula is C27H21ClF3N3O5S. The van der Waals surface area contributed by atoms with Gasteiger partial charge in [-0.3, -0.25) is 19.1 Å². The average molecular weight is 592 g/mol. The van der Waals surface area contributed by atoms with Crippen LogP contribution in [0.3, 0.4) is 0 Å². The van der Waals surface area contributed by atoms with Crippen LogP contribution in [-0.2, 0) is 35.1 Å². The van der Waals surface area contributed by atoms with Gasteiger partial charge < -0.3 is 9.47 Å². The molecule has 0 atom stereocenters. The molecule has 3 aromatic heterocycles. The van der Waals surface area contributed by atoms with Crippen molar-refractivity contribution < 1.29 is 32.2 Å². The Bertz CT molecular complexity index is 1730. The van der Waals surface area contributed by atoms with Crippen LogP contribution in [-0.4, -0.2) is 40.0 Å². The van der Waals surface area contributed by atoms with Crippen LogP contribution in [0.1, 0.15) is 39.6 Å². The van der Waals surface area contributed by atoms with Crippen LogP contribution in [0.25, 0.3) is 21.3 Å². The molecule has 0 radical (unpaired) electrons. The second-order valence-electron chi connectivity index (χ2n) is 9.15. The number of Topliss-reactive ketones (excluding diaryl/α,β-unsaturated/α-hetero) is 1. The summed E-state index contributed by atoms with van der Waals surface area (Å²) >= 11 is 7.56. The first-order chi connectivity index (χ1) is 19.0. The average Bonchev–Trinajstić information content (AvgIpc) is 3.33. The standard InChI is InChI=1S/C27H21ClF3N3O5S/c1-13-9-17(23-22(32-13)19(12-40-23)25(37)38-2)16-10-14(28)3-6-21(16)39-8-7-34-24(36)18-11-15(35)4-5-20(18)33-26(34)27(29,30)31/h3,6,9-10,12H,4-5,7-8,11H2,1-2H3. The summed E-state index contributed by atoms with van der Waals surface area (Å²) in [5, 5.41) is 2.02. The highest BCUT2D eigenvalue weighted by Crippen LogP contribution is 2.40. The van der Waals surface area contributed by atoms with Gasteiger partial charge in [-0.2, -0.15) is 13.2 Å². The molecule has 1 aliphatic rings. The number of alkyl halides is 3. The van der Waals surface area contributed by atoms with Gasteiger partial charge >= 0.3 is 12.1 Å². The molecule has 3 heterocycles. The lowest BCUT2D eigenvalue weighted by atomic mass is 9.96. The number of ether oxygens (including phenoxy) is 2. The Morgan fingerprint density at radius 3 is 2.65 bits per heavy atom. The van der Waals surface area contributed by atoms with Crippen LogP contribution in [0.5, 0.6) is 5.75 Å². The molecule has 0 saturated carbocycles. The third-order valence-corrected chi connectivity index (χ3v) is 7.71. The molecule has 0 saturated heterocycles. The molecule has 8 nitrogen and oxygen atoms in total. The van der Waals surface area contributed by atoms with E-state index in [1.807, 2.05) is 0 Å². The van der Waals surface area contributed by atoms with Crippen LogP contribution in [0.4, 0.5) is 13.2 Å². The van der Waals surface area contributed by atoms with Crippen LogP contribution >= 0.6 is 22.9 Å². The molecule has 1 aliphatic carbocycles. The van der Waals surface area contributed by atoms with Crippen molar-refractivity contribution in [2.24, 2.45) is 0 Å². The zero-order valence-electron chi connectivity index (χ0n) is 21.2. The van der Waals surface area contributed by atoms with E-state index in [9.17, 15) is 27.6 Å². The lowest BCUT2D eigenvalue weighted by molar-refractivity contribution is -0.148. The number of pyridine rings is 1. The van der Waals surface area contributed by atoms with Gasteiger partial charge in [0.15, 0.2) is 0 Å². The first-order valence-corrected chi connectivity index (χ1v) is 13.3. The maximum absolute atomic E-state index is 13.8. The molecule has 0 fully saturated rings. The highest BCUT2D eigenvalue weighted by Gasteiger charge is 2.38. The maximum Gasteiger partial charge on any atom is 0.449 e. The summed E-state index contributed by atoms with van der Waals surface area (Å²) in [6.45, 7) is 0.989. The molecule has 0 unspecified atom stereocenters. The number of carbonyl (C=O) groups excluding carboxylic acids is 2. The number of hydrogen-bond donors (Lipinski definition) is 0. The number of rotatable bonds is 6. The third-order valence-electron chi connectivity index (χ3n) is 6.48. The van der Waals surface area contributed by atoms with Gasteiger partial charge in [0, 0.05) is 45.6 Å². The van der Waals surface area contributed by atoms with Gasteiger partial charge in [-0.25, -0.2) is 9.78 Å². The molecular weight excluding hydrogens is 571 g/mol. The SMILES string of the molecule is COC(=O)c1csc2c(-c3cc(Cl)ccc3OCCn3c(C(F)(F)F)nc4c(c3=O)CC(=O)CC4)cc(C)nc12. The number of benzene rings is 1. The largest absolute Gasteiger partial charge is 0.491 e. The highest BCUT2D eigenvalue weighted by atomic mass is 35.5. The van der Waals surface area contributed by atoms with E-state index in [1.165, 1.54) is 18.4 Å². The number of halogens is 4. The number of carbonyl (C=O) groups is 2. The predicted octanol–water partition coefficient (Wildman–Crippen LogP) is 5.42. The van der Waals surface area contributed by atoms with Crippen molar-refractivity contribution in [3.8, 4) is 16.9 Å². The number of aromatic nitrogens is 3. The summed E-state index contributed by atoms with van der Waals surface area (Å²) in [4.78, 5) is 45.4. The van der Waals surface area contributed by atoms with Gasteiger partial charge in [-0.15, -0.1) is 11.3 Å². The van der Waals surface area contributed by atoms with Crippen LogP contribution in [0.2, 0.25) is 5.02 Å². The Hall–Kier alpha value is -3.77. The number of methoxy groups -OCH3 is 1. The van der Waals surface area contributed by atoms with Gasteiger partial charge in [0.1, 0.15) is 18.1 Å². The minimum atomic E-state index is -4.88. The van der Waals surface area contributed by atoms with Crippen molar-refractivity contribution in [1.29, 1.82) is 0 Å². The monoisotopic (exact) mass is 591 g/mol. The summed E-state index contributed by atoms with van der Waals surface area (Å²) in [7, 11) is 1.27. The van der Waals surface area contributed by atoms with Crippen molar-refractivity contribution in [3.05, 3.63) is 73.4 Å². The van der Waals surface area contributed by atoms with E-state index in [4.69, 9.17) is 21.1 Å². The molecule has 0 aliphatic heterocycles. The lowest BCUT2D eigenvalue weighted by Gasteiger charge is -2.21. The smallest absolute Gasteiger partial charge is 0.449 e. The van der Waals surface area contributed by atoms with E-state index in [0.29, 0.717) is 47.9 Å². The third kappa shape index (κ3) is 5.20. The first-order valence-electron chi connectivity index (χ1n) is 12.1. The molecule has 0 N–H and O–H groups in total. The first kappa shape index (κ1) is 27.8. The van der Waals surface area contributed by atoms with E-state index in [-0.39, 0.29) is 42.9 Å². The van der Waals surface area contributed by atoms with Crippen LogP contribution in [0, 0.1) is 6.92 Å².